The first-order valence-electron chi connectivity index (χ1n) is 5.93. The maximum Gasteiger partial charge on any atom is 0.223 e. The number of carbonyl (C=O) groups excluding carboxylic acids is 1. The minimum atomic E-state index is -0.411. The average molecular weight is 263 g/mol. The molecule has 7 heteroatoms. The number of amides is 1. The molecule has 2 rings (SSSR count). The van der Waals surface area contributed by atoms with E-state index in [4.69, 9.17) is 11.3 Å². The second kappa shape index (κ2) is 5.58. The van der Waals surface area contributed by atoms with E-state index in [2.05, 4.69) is 10.0 Å². The highest BCUT2D eigenvalue weighted by Crippen LogP contribution is 2.24. The van der Waals surface area contributed by atoms with E-state index in [0.717, 1.165) is 0 Å². The highest BCUT2D eigenvalue weighted by Gasteiger charge is 2.29. The summed E-state index contributed by atoms with van der Waals surface area (Å²) in [6.07, 6.45) is 0.327. The molecule has 0 saturated carbocycles. The summed E-state index contributed by atoms with van der Waals surface area (Å²) in [7, 11) is 0. The van der Waals surface area contributed by atoms with E-state index in [1.54, 1.807) is 11.0 Å². The van der Waals surface area contributed by atoms with Crippen LogP contribution in [0.2, 0.25) is 0 Å². The number of azide groups is 1. The predicted molar refractivity (Wildman–Crippen MR) is 68.3 cm³/mol. The van der Waals surface area contributed by atoms with Crippen LogP contribution >= 0.6 is 0 Å². The minimum absolute atomic E-state index is 0.00334. The van der Waals surface area contributed by atoms with Gasteiger partial charge < -0.3 is 10.6 Å². The maximum absolute atomic E-state index is 13.6. The zero-order valence-corrected chi connectivity index (χ0v) is 10.3. The van der Waals surface area contributed by atoms with Crippen molar-refractivity contribution < 1.29 is 9.18 Å². The Labute approximate surface area is 109 Å². The zero-order valence-electron chi connectivity index (χ0n) is 10.3. The van der Waals surface area contributed by atoms with Gasteiger partial charge in [0.25, 0.3) is 0 Å². The van der Waals surface area contributed by atoms with E-state index in [0.29, 0.717) is 24.2 Å². The van der Waals surface area contributed by atoms with Crippen molar-refractivity contribution >= 4 is 11.6 Å². The molecular weight excluding hydrogens is 249 g/mol. The number of benzene rings is 1. The van der Waals surface area contributed by atoms with Gasteiger partial charge in [0.05, 0.1) is 6.54 Å². The van der Waals surface area contributed by atoms with Gasteiger partial charge in [0.2, 0.25) is 5.91 Å². The fourth-order valence-corrected chi connectivity index (χ4v) is 2.21. The first-order chi connectivity index (χ1) is 9.11. The summed E-state index contributed by atoms with van der Waals surface area (Å²) in [6.45, 7) is 0.904. The van der Waals surface area contributed by atoms with Crippen molar-refractivity contribution in [2.45, 2.75) is 13.0 Å². The summed E-state index contributed by atoms with van der Waals surface area (Å²) < 4.78 is 13.6. The number of halogens is 1. The van der Waals surface area contributed by atoms with Crippen LogP contribution in [0.3, 0.4) is 0 Å². The summed E-state index contributed by atoms with van der Waals surface area (Å²) in [5.41, 5.74) is 14.6. The molecule has 1 aromatic carbocycles. The molecule has 1 aliphatic rings. The van der Waals surface area contributed by atoms with Crippen molar-refractivity contribution in [3.05, 3.63) is 40.0 Å². The molecule has 1 fully saturated rings. The van der Waals surface area contributed by atoms with Gasteiger partial charge in [-0.3, -0.25) is 4.79 Å². The molecule has 100 valence electrons. The fourth-order valence-electron chi connectivity index (χ4n) is 2.21. The van der Waals surface area contributed by atoms with Crippen LogP contribution in [-0.4, -0.2) is 23.9 Å². The number of likely N-dealkylation sites (tertiary alicyclic amines) is 1. The molecule has 0 aromatic heterocycles. The summed E-state index contributed by atoms with van der Waals surface area (Å²) in [6, 6.07) is 4.46. The van der Waals surface area contributed by atoms with Crippen LogP contribution in [0.5, 0.6) is 0 Å². The van der Waals surface area contributed by atoms with E-state index in [9.17, 15) is 9.18 Å². The zero-order chi connectivity index (χ0) is 13.8. The molecule has 1 aliphatic heterocycles. The lowest BCUT2D eigenvalue weighted by molar-refractivity contribution is -0.128. The highest BCUT2D eigenvalue weighted by molar-refractivity contribution is 5.78. The third kappa shape index (κ3) is 2.95. The largest absolute Gasteiger partial charge is 0.398 e. The van der Waals surface area contributed by atoms with Crippen molar-refractivity contribution in [1.29, 1.82) is 0 Å². The second-order valence-electron chi connectivity index (χ2n) is 4.57. The third-order valence-electron chi connectivity index (χ3n) is 3.20. The normalized spacial score (nSPS) is 18.5. The molecule has 1 heterocycles. The SMILES string of the molecule is [N-]=[N+]=NCC1CC(=O)N(Cc2c(N)cccc2F)C1. The van der Waals surface area contributed by atoms with Crippen LogP contribution in [0.15, 0.2) is 23.3 Å². The van der Waals surface area contributed by atoms with Crippen LogP contribution in [0.25, 0.3) is 10.4 Å². The smallest absolute Gasteiger partial charge is 0.223 e. The third-order valence-corrected chi connectivity index (χ3v) is 3.20. The van der Waals surface area contributed by atoms with Gasteiger partial charge in [0, 0.05) is 35.7 Å². The van der Waals surface area contributed by atoms with E-state index >= 15 is 0 Å². The number of nitrogens with zero attached hydrogens (tertiary/aromatic N) is 4. The predicted octanol–water partition coefficient (Wildman–Crippen LogP) is 2.07. The summed E-state index contributed by atoms with van der Waals surface area (Å²) >= 11 is 0. The second-order valence-corrected chi connectivity index (χ2v) is 4.57. The standard InChI is InChI=1S/C12H14FN5O/c13-10-2-1-3-11(14)9(10)7-18-6-8(4-12(18)19)5-16-17-15/h1-3,8H,4-7,14H2. The summed E-state index contributed by atoms with van der Waals surface area (Å²) in [5.74, 6) is -0.483. The Bertz CT molecular complexity index is 521. The molecule has 0 bridgehead atoms. The first kappa shape index (κ1) is 13.2. The minimum Gasteiger partial charge on any atom is -0.398 e. The van der Waals surface area contributed by atoms with Gasteiger partial charge in [-0.05, 0) is 23.6 Å². The molecule has 2 N–H and O–H groups in total. The molecule has 0 radical (unpaired) electrons. The molecule has 1 aromatic rings. The number of hydrogen-bond acceptors (Lipinski definition) is 3. The van der Waals surface area contributed by atoms with E-state index in [1.165, 1.54) is 12.1 Å². The summed E-state index contributed by atoms with van der Waals surface area (Å²) in [4.78, 5) is 16.0. The Kier molecular flexibility index (Phi) is 3.87. The van der Waals surface area contributed by atoms with Crippen molar-refractivity contribution in [2.75, 3.05) is 18.8 Å². The molecule has 0 spiro atoms. The highest BCUT2D eigenvalue weighted by atomic mass is 19.1. The van der Waals surface area contributed by atoms with Gasteiger partial charge in [-0.2, -0.15) is 0 Å². The van der Waals surface area contributed by atoms with E-state index in [1.807, 2.05) is 0 Å². The number of rotatable bonds is 4. The Morgan fingerprint density at radius 3 is 3.05 bits per heavy atom. The Morgan fingerprint density at radius 1 is 1.58 bits per heavy atom. The first-order valence-corrected chi connectivity index (χ1v) is 5.93. The van der Waals surface area contributed by atoms with Crippen molar-refractivity contribution in [3.63, 3.8) is 0 Å². The monoisotopic (exact) mass is 263 g/mol. The molecule has 19 heavy (non-hydrogen) atoms. The lowest BCUT2D eigenvalue weighted by atomic mass is 10.1. The quantitative estimate of drug-likeness (QED) is 0.389. The van der Waals surface area contributed by atoms with E-state index < -0.39 is 5.82 Å². The van der Waals surface area contributed by atoms with Crippen molar-refractivity contribution in [3.8, 4) is 0 Å². The summed E-state index contributed by atoms with van der Waals surface area (Å²) in [5, 5.41) is 3.47. The number of nitrogens with two attached hydrogens (primary N) is 1. The van der Waals surface area contributed by atoms with Gasteiger partial charge in [-0.1, -0.05) is 11.2 Å². The fraction of sp³-hybridized carbons (Fsp3) is 0.417. The topological polar surface area (TPSA) is 95.1 Å². The van der Waals surface area contributed by atoms with Crippen molar-refractivity contribution in [1.82, 2.24) is 4.90 Å². The van der Waals surface area contributed by atoms with Crippen LogP contribution in [0.1, 0.15) is 12.0 Å². The van der Waals surface area contributed by atoms with Crippen LogP contribution in [0.4, 0.5) is 10.1 Å². The molecular formula is C12H14FN5O. The number of nitrogen functional groups attached to an aromatic ring is 1. The van der Waals surface area contributed by atoms with Gasteiger partial charge >= 0.3 is 0 Å². The van der Waals surface area contributed by atoms with Gasteiger partial charge in [-0.15, -0.1) is 0 Å². The molecule has 0 aliphatic carbocycles. The lowest BCUT2D eigenvalue weighted by Crippen LogP contribution is -2.26. The van der Waals surface area contributed by atoms with Gasteiger partial charge in [0.1, 0.15) is 5.82 Å². The van der Waals surface area contributed by atoms with Crippen LogP contribution < -0.4 is 5.73 Å². The molecule has 1 saturated heterocycles. The van der Waals surface area contributed by atoms with Gasteiger partial charge in [-0.25, -0.2) is 4.39 Å². The average Bonchev–Trinajstić information content (AvgIpc) is 2.72. The maximum atomic E-state index is 13.6. The van der Waals surface area contributed by atoms with Crippen molar-refractivity contribution in [2.24, 2.45) is 11.0 Å². The number of carbonyl (C=O) groups is 1. The molecule has 6 nitrogen and oxygen atoms in total. The van der Waals surface area contributed by atoms with E-state index in [-0.39, 0.29) is 24.9 Å². The molecule has 1 unspecified atom stereocenters. The number of anilines is 1. The number of hydrogen-bond donors (Lipinski definition) is 1. The Hall–Kier alpha value is -2.27. The Morgan fingerprint density at radius 2 is 2.37 bits per heavy atom. The van der Waals surface area contributed by atoms with Crippen LogP contribution in [-0.2, 0) is 11.3 Å². The lowest BCUT2D eigenvalue weighted by Gasteiger charge is -2.18. The molecule has 1 atom stereocenters. The van der Waals surface area contributed by atoms with Crippen LogP contribution in [0, 0.1) is 11.7 Å². The van der Waals surface area contributed by atoms with Gasteiger partial charge in [0.15, 0.2) is 0 Å². The molecule has 1 amide bonds. The Balaban J connectivity index is 2.07.